The third-order valence-electron chi connectivity index (χ3n) is 1.98. The van der Waals surface area contributed by atoms with E-state index in [0.29, 0.717) is 11.3 Å². The summed E-state index contributed by atoms with van der Waals surface area (Å²) in [7, 11) is 3.38. The third-order valence-corrected chi connectivity index (χ3v) is 2.28. The normalized spacial score (nSPS) is 11.6. The van der Waals surface area contributed by atoms with Crippen molar-refractivity contribution in [2.45, 2.75) is 12.1 Å². The van der Waals surface area contributed by atoms with Crippen molar-refractivity contribution >= 4 is 17.3 Å². The molecule has 0 unspecified atom stereocenters. The van der Waals surface area contributed by atoms with Crippen LogP contribution in [0.1, 0.15) is 11.1 Å². The molecule has 0 aliphatic carbocycles. The molecule has 0 atom stereocenters. The molecule has 1 aromatic carbocycles. The molecule has 5 heteroatoms. The van der Waals surface area contributed by atoms with Gasteiger partial charge in [0.25, 0.3) is 0 Å². The minimum Gasteiger partial charge on any atom is -0.378 e. The number of nitrogens with zero attached hydrogens (tertiary/aromatic N) is 1. The smallest absolute Gasteiger partial charge is 0.378 e. The predicted molar refractivity (Wildman–Crippen MR) is 55.3 cm³/mol. The fraction of sp³-hybridized carbons (Fsp3) is 0.400. The van der Waals surface area contributed by atoms with Crippen molar-refractivity contribution in [1.29, 1.82) is 0 Å². The molecule has 0 amide bonds. The van der Waals surface area contributed by atoms with Crippen molar-refractivity contribution in [1.82, 2.24) is 0 Å². The zero-order chi connectivity index (χ0) is 11.6. The average Bonchev–Trinajstić information content (AvgIpc) is 2.15. The zero-order valence-electron chi connectivity index (χ0n) is 8.40. The van der Waals surface area contributed by atoms with E-state index in [0.717, 1.165) is 12.1 Å². The van der Waals surface area contributed by atoms with Crippen LogP contribution in [-0.4, -0.2) is 14.1 Å². The number of rotatable bonds is 2. The highest BCUT2D eigenvalue weighted by Gasteiger charge is 2.31. The Bertz CT molecular complexity index is 347. The van der Waals surface area contributed by atoms with Gasteiger partial charge in [0.15, 0.2) is 0 Å². The lowest BCUT2D eigenvalue weighted by Gasteiger charge is -2.16. The Labute approximate surface area is 91.5 Å². The molecule has 1 nitrogen and oxygen atoms in total. The molecule has 0 heterocycles. The number of hydrogen-bond acceptors (Lipinski definition) is 1. The summed E-state index contributed by atoms with van der Waals surface area (Å²) < 4.78 is 37.5. The maximum absolute atomic E-state index is 12.5. The second-order valence-corrected chi connectivity index (χ2v) is 3.68. The maximum Gasteiger partial charge on any atom is 0.416 e. The van der Waals surface area contributed by atoms with Crippen molar-refractivity contribution in [3.05, 3.63) is 29.3 Å². The lowest BCUT2D eigenvalue weighted by molar-refractivity contribution is -0.137. The van der Waals surface area contributed by atoms with Crippen LogP contribution in [0.2, 0.25) is 0 Å². The molecule has 0 aromatic heterocycles. The van der Waals surface area contributed by atoms with Gasteiger partial charge in [0.2, 0.25) is 0 Å². The van der Waals surface area contributed by atoms with Crippen LogP contribution >= 0.6 is 11.6 Å². The molecule has 0 aliphatic heterocycles. The van der Waals surface area contributed by atoms with Crippen LogP contribution in [0, 0.1) is 0 Å². The second kappa shape index (κ2) is 4.31. The van der Waals surface area contributed by atoms with Crippen LogP contribution in [0.15, 0.2) is 18.2 Å². The minimum absolute atomic E-state index is 0.0742. The fourth-order valence-electron chi connectivity index (χ4n) is 1.17. The Morgan fingerprint density at radius 2 is 1.80 bits per heavy atom. The van der Waals surface area contributed by atoms with Crippen LogP contribution in [0.5, 0.6) is 0 Å². The summed E-state index contributed by atoms with van der Waals surface area (Å²) in [6.45, 7) is 0. The molecule has 0 fully saturated rings. The van der Waals surface area contributed by atoms with Crippen molar-refractivity contribution in [3.8, 4) is 0 Å². The summed E-state index contributed by atoms with van der Waals surface area (Å²) in [5.41, 5.74) is 0.306. The molecule has 84 valence electrons. The van der Waals surface area contributed by atoms with Gasteiger partial charge in [-0.05, 0) is 23.8 Å². The highest BCUT2D eigenvalue weighted by atomic mass is 35.5. The highest BCUT2D eigenvalue weighted by molar-refractivity contribution is 6.17. The van der Waals surface area contributed by atoms with Crippen molar-refractivity contribution in [2.24, 2.45) is 0 Å². The minimum atomic E-state index is -4.33. The van der Waals surface area contributed by atoms with E-state index < -0.39 is 11.7 Å². The topological polar surface area (TPSA) is 3.24 Å². The van der Waals surface area contributed by atoms with Crippen molar-refractivity contribution in [2.75, 3.05) is 19.0 Å². The second-order valence-electron chi connectivity index (χ2n) is 3.41. The summed E-state index contributed by atoms with van der Waals surface area (Å²) in [5.74, 6) is 0.0742. The van der Waals surface area contributed by atoms with Gasteiger partial charge < -0.3 is 4.90 Å². The van der Waals surface area contributed by atoms with Gasteiger partial charge in [-0.15, -0.1) is 11.6 Å². The summed E-state index contributed by atoms with van der Waals surface area (Å²) in [5, 5.41) is 0. The van der Waals surface area contributed by atoms with Gasteiger partial charge in [0, 0.05) is 25.7 Å². The number of benzene rings is 1. The van der Waals surface area contributed by atoms with Crippen LogP contribution in [-0.2, 0) is 12.1 Å². The first-order valence-corrected chi connectivity index (χ1v) is 4.82. The van der Waals surface area contributed by atoms with E-state index in [1.54, 1.807) is 25.1 Å². The largest absolute Gasteiger partial charge is 0.416 e. The van der Waals surface area contributed by atoms with Crippen LogP contribution in [0.25, 0.3) is 0 Å². The Kier molecular flexibility index (Phi) is 3.50. The first-order valence-electron chi connectivity index (χ1n) is 4.29. The molecular formula is C10H11ClF3N. The van der Waals surface area contributed by atoms with Crippen molar-refractivity contribution < 1.29 is 13.2 Å². The van der Waals surface area contributed by atoms with Gasteiger partial charge in [0.1, 0.15) is 0 Å². The molecule has 0 spiro atoms. The van der Waals surface area contributed by atoms with Crippen molar-refractivity contribution in [3.63, 3.8) is 0 Å². The van der Waals surface area contributed by atoms with Gasteiger partial charge >= 0.3 is 6.18 Å². The highest BCUT2D eigenvalue weighted by Crippen LogP contribution is 2.32. The van der Waals surface area contributed by atoms with E-state index in [1.165, 1.54) is 0 Å². The monoisotopic (exact) mass is 237 g/mol. The fourth-order valence-corrected chi connectivity index (χ4v) is 1.33. The lowest BCUT2D eigenvalue weighted by atomic mass is 10.1. The van der Waals surface area contributed by atoms with Crippen LogP contribution in [0.3, 0.4) is 0 Å². The number of hydrogen-bond donors (Lipinski definition) is 0. The van der Waals surface area contributed by atoms with Gasteiger partial charge in [-0.25, -0.2) is 0 Å². The first kappa shape index (κ1) is 12.2. The van der Waals surface area contributed by atoms with E-state index in [9.17, 15) is 13.2 Å². The summed E-state index contributed by atoms with van der Waals surface area (Å²) in [6, 6.07) is 3.82. The van der Waals surface area contributed by atoms with E-state index >= 15 is 0 Å². The average molecular weight is 238 g/mol. The molecule has 0 aliphatic rings. The number of anilines is 1. The van der Waals surface area contributed by atoms with Crippen LogP contribution in [0.4, 0.5) is 18.9 Å². The molecule has 0 N–H and O–H groups in total. The molecular weight excluding hydrogens is 227 g/mol. The quantitative estimate of drug-likeness (QED) is 0.712. The summed E-state index contributed by atoms with van der Waals surface area (Å²) in [4.78, 5) is 1.62. The molecule has 0 radical (unpaired) electrons. The van der Waals surface area contributed by atoms with Gasteiger partial charge in [-0.3, -0.25) is 0 Å². The molecule has 0 saturated carbocycles. The Hall–Kier alpha value is -0.900. The Morgan fingerprint density at radius 1 is 1.20 bits per heavy atom. The van der Waals surface area contributed by atoms with Crippen LogP contribution < -0.4 is 4.90 Å². The lowest BCUT2D eigenvalue weighted by Crippen LogP contribution is -2.12. The van der Waals surface area contributed by atoms with E-state index in [2.05, 4.69) is 0 Å². The van der Waals surface area contributed by atoms with Gasteiger partial charge in [-0.1, -0.05) is 0 Å². The molecule has 15 heavy (non-hydrogen) atoms. The molecule has 1 rings (SSSR count). The Balaban J connectivity index is 3.23. The van der Waals surface area contributed by atoms with E-state index in [4.69, 9.17) is 11.6 Å². The maximum atomic E-state index is 12.5. The molecule has 0 bridgehead atoms. The third kappa shape index (κ3) is 3.02. The predicted octanol–water partition coefficient (Wildman–Crippen LogP) is 3.51. The number of alkyl halides is 4. The summed E-state index contributed by atoms with van der Waals surface area (Å²) in [6.07, 6.45) is -4.33. The van der Waals surface area contributed by atoms with E-state index in [1.807, 2.05) is 0 Å². The zero-order valence-corrected chi connectivity index (χ0v) is 9.15. The molecule has 0 saturated heterocycles. The van der Waals surface area contributed by atoms with E-state index in [-0.39, 0.29) is 5.88 Å². The Morgan fingerprint density at radius 3 is 2.20 bits per heavy atom. The van der Waals surface area contributed by atoms with Gasteiger partial charge in [-0.2, -0.15) is 13.2 Å². The number of halogens is 4. The summed E-state index contributed by atoms with van der Waals surface area (Å²) >= 11 is 5.54. The SMILES string of the molecule is CN(C)c1cc(CCl)cc(C(F)(F)F)c1. The first-order chi connectivity index (χ1) is 6.84. The molecule has 1 aromatic rings. The standard InChI is InChI=1S/C10H11ClF3N/c1-15(2)9-4-7(6-11)3-8(5-9)10(12,13)14/h3-5H,6H2,1-2H3. The van der Waals surface area contributed by atoms with Gasteiger partial charge in [0.05, 0.1) is 5.56 Å².